The predicted octanol–water partition coefficient (Wildman–Crippen LogP) is 6.66. The Morgan fingerprint density at radius 1 is 0.667 bits per heavy atom. The fraction of sp³-hybridized carbons (Fsp3) is 1.00. The third-order valence-corrected chi connectivity index (χ3v) is 124. The van der Waals surface area contributed by atoms with E-state index in [1.54, 1.807) is 0 Å². The molecule has 0 aromatic carbocycles. The van der Waals surface area contributed by atoms with Gasteiger partial charge in [-0.2, -0.15) is 0 Å². The Morgan fingerprint density at radius 2 is 0.933 bits per heavy atom. The quantitative estimate of drug-likeness (QED) is 0.236. The highest BCUT2D eigenvalue weighted by Gasteiger charge is 2.65. The van der Waals surface area contributed by atoms with E-state index in [0.29, 0.717) is 11.1 Å². The van der Waals surface area contributed by atoms with Crippen LogP contribution in [0.5, 0.6) is 0 Å². The lowest BCUT2D eigenvalue weighted by atomic mass is 10.5. The van der Waals surface area contributed by atoms with Gasteiger partial charge in [-0.15, -0.1) is 45.9 Å². The maximum absolute atomic E-state index is 4.12. The molecular weight excluding hydrogens is 636 g/mol. The summed E-state index contributed by atoms with van der Waals surface area (Å²) in [6.45, 7) is 9.27. The molecule has 0 aromatic rings. The Labute approximate surface area is 142 Å². The van der Waals surface area contributed by atoms with E-state index in [0.717, 1.165) is 0 Å². The van der Waals surface area contributed by atoms with Gasteiger partial charge in [-0.1, -0.05) is 73.6 Å². The zero-order chi connectivity index (χ0) is 12.7. The van der Waals surface area contributed by atoms with Crippen molar-refractivity contribution in [1.29, 1.82) is 0 Å². The van der Waals surface area contributed by atoms with Crippen LogP contribution in [0.15, 0.2) is 0 Å². The highest BCUT2D eigenvalue weighted by molar-refractivity contribution is 9.82. The molecule has 0 aromatic heterocycles. The van der Waals surface area contributed by atoms with E-state index in [9.17, 15) is 0 Å². The second-order valence-electron chi connectivity index (χ2n) is 4.15. The van der Waals surface area contributed by atoms with Crippen LogP contribution >= 0.6 is 91.8 Å². The molecule has 0 N–H and O–H groups in total. The molecule has 0 heterocycles. The maximum Gasteiger partial charge on any atom is 0.277 e. The zero-order valence-electron chi connectivity index (χ0n) is 8.92. The van der Waals surface area contributed by atoms with Crippen molar-refractivity contribution in [3.8, 4) is 0 Å². The molecule has 0 aliphatic heterocycles. The van der Waals surface area contributed by atoms with E-state index in [1.807, 2.05) is 0 Å². The van der Waals surface area contributed by atoms with E-state index in [4.69, 9.17) is 0 Å². The molecule has 0 bridgehead atoms. The second kappa shape index (κ2) is 6.32. The lowest BCUT2D eigenvalue weighted by molar-refractivity contribution is 0.954. The number of hydrogen-bond donors (Lipinski definition) is 0. The first-order chi connectivity index (χ1) is 6.39. The number of rotatable bonds is 4. The van der Waals surface area contributed by atoms with Gasteiger partial charge in [0.05, 0.1) is 0 Å². The van der Waals surface area contributed by atoms with Crippen molar-refractivity contribution in [1.82, 2.24) is 0 Å². The zero-order valence-corrected chi connectivity index (χ0v) is 21.4. The first-order valence-electron chi connectivity index (χ1n) is 4.52. The second-order valence-corrected chi connectivity index (χ2v) is 73.0. The van der Waals surface area contributed by atoms with Crippen molar-refractivity contribution in [2.24, 2.45) is 0 Å². The molecule has 15 heavy (non-hydrogen) atoms. The van der Waals surface area contributed by atoms with Crippen molar-refractivity contribution in [2.75, 3.05) is 0 Å². The minimum atomic E-state index is -1.72. The summed E-state index contributed by atoms with van der Waals surface area (Å²) in [5.41, 5.74) is 1.37. The Kier molecular flexibility index (Phi) is 7.81. The fourth-order valence-corrected chi connectivity index (χ4v) is 92.2. The Morgan fingerprint density at radius 3 is 1.00 bits per heavy atom. The van der Waals surface area contributed by atoms with E-state index in [-0.39, 0.29) is 0 Å². The van der Waals surface area contributed by atoms with Crippen LogP contribution < -0.4 is 0 Å². The lowest BCUT2D eigenvalue weighted by Gasteiger charge is -2.44. The van der Waals surface area contributed by atoms with Gasteiger partial charge in [0.2, 0.25) is 4.35 Å². The Balaban J connectivity index is 5.46. The summed E-state index contributed by atoms with van der Waals surface area (Å²) in [7, 11) is 0. The van der Waals surface area contributed by atoms with Crippen LogP contribution in [-0.4, -0.2) is 14.0 Å². The predicted molar refractivity (Wildman–Crippen MR) is 101 cm³/mol. The highest BCUT2D eigenvalue weighted by atomic mass is 80.0. The van der Waals surface area contributed by atoms with Gasteiger partial charge < -0.3 is 0 Å². The van der Waals surface area contributed by atoms with E-state index < -0.39 is 14.0 Å². The summed E-state index contributed by atoms with van der Waals surface area (Å²) in [5, 5.41) is 0. The summed E-state index contributed by atoms with van der Waals surface area (Å²) >= 11 is 23.6. The topological polar surface area (TPSA) is 0 Å². The molecule has 0 aliphatic rings. The molecule has 0 nitrogen and oxygen atoms in total. The molecule has 0 amide bonds. The lowest BCUT2D eigenvalue weighted by Crippen LogP contribution is -2.64. The Bertz CT molecular complexity index is 215. The van der Waals surface area contributed by atoms with Crippen LogP contribution in [0.25, 0.3) is 0 Å². The molecule has 0 saturated heterocycles. The van der Waals surface area contributed by atoms with E-state index >= 15 is 0 Å². The van der Waals surface area contributed by atoms with Crippen molar-refractivity contribution >= 4 is 106 Å². The molecule has 0 saturated carbocycles. The van der Waals surface area contributed by atoms with Gasteiger partial charge in [0.1, 0.15) is 0 Å². The van der Waals surface area contributed by atoms with Crippen molar-refractivity contribution < 1.29 is 0 Å². The summed E-state index contributed by atoms with van der Waals surface area (Å²) in [6.07, 6.45) is -1.56. The van der Waals surface area contributed by atoms with Crippen LogP contribution in [-0.2, 0) is 0 Å². The van der Waals surface area contributed by atoms with Crippen LogP contribution in [0.2, 0.25) is 11.1 Å². The average molecular weight is 650 g/mol. The molecule has 0 rings (SSSR count). The first-order valence-corrected chi connectivity index (χ1v) is 26.2. The van der Waals surface area contributed by atoms with Crippen LogP contribution in [0, 0.1) is 0 Å². The molecule has 0 radical (unpaired) electrons. The summed E-state index contributed by atoms with van der Waals surface area (Å²) in [5.74, 6) is 0. The van der Waals surface area contributed by atoms with E-state index in [1.165, 1.54) is 0 Å². The summed E-state index contributed by atoms with van der Waals surface area (Å²) in [4.78, 5) is 0. The van der Waals surface area contributed by atoms with Gasteiger partial charge >= 0.3 is 0 Å². The highest BCUT2D eigenvalue weighted by Crippen LogP contribution is 2.57. The van der Waals surface area contributed by atoms with Gasteiger partial charge in [-0.25, -0.2) is 0 Å². The first kappa shape index (κ1) is 18.5. The standard InChI is InChI=1S/C6H14Br6Si3/c1-5(2)13(7,6(3)4)15(11,12)14(8,9)10/h5-6H,1-4H3. The number of hydrogen-bond acceptors (Lipinski definition) is 0. The largest absolute Gasteiger partial charge is 0.277 e. The molecular formula is C6H14Br6Si3. The average Bonchev–Trinajstić information content (AvgIpc) is 1.99. The molecule has 0 fully saturated rings. The van der Waals surface area contributed by atoms with Crippen molar-refractivity contribution in [2.45, 2.75) is 38.8 Å². The monoisotopic (exact) mass is 644 g/mol. The third kappa shape index (κ3) is 3.76. The maximum atomic E-state index is 4.12. The molecule has 0 atom stereocenters. The van der Waals surface area contributed by atoms with Crippen molar-refractivity contribution in [3.05, 3.63) is 0 Å². The Hall–Kier alpha value is 3.53. The van der Waals surface area contributed by atoms with Gasteiger partial charge in [0.15, 0.2) is 6.21 Å². The van der Waals surface area contributed by atoms with E-state index in [2.05, 4.69) is 119 Å². The van der Waals surface area contributed by atoms with Gasteiger partial charge in [0, 0.05) is 0 Å². The molecule has 0 spiro atoms. The SMILES string of the molecule is CC(C)[Si](Br)(C(C)C)[Si](Br)(Br)[Si](Br)(Br)Br. The van der Waals surface area contributed by atoms with Crippen molar-refractivity contribution in [3.63, 3.8) is 0 Å². The smallest absolute Gasteiger partial charge is 0.127 e. The summed E-state index contributed by atoms with van der Waals surface area (Å²) in [6, 6.07) is 0. The molecule has 0 aliphatic carbocycles. The molecule has 9 heteroatoms. The number of halogens is 6. The minimum absolute atomic E-state index is 0.683. The molecule has 92 valence electrons. The van der Waals surface area contributed by atoms with Gasteiger partial charge in [-0.3, -0.25) is 0 Å². The third-order valence-electron chi connectivity index (χ3n) is 2.52. The van der Waals surface area contributed by atoms with Crippen LogP contribution in [0.4, 0.5) is 0 Å². The fourth-order valence-electron chi connectivity index (χ4n) is 1.61. The van der Waals surface area contributed by atoms with Gasteiger partial charge in [-0.05, 0) is 11.1 Å². The van der Waals surface area contributed by atoms with Gasteiger partial charge in [0.25, 0.3) is 3.45 Å². The molecule has 0 unspecified atom stereocenters. The van der Waals surface area contributed by atoms with Crippen LogP contribution in [0.1, 0.15) is 27.7 Å². The van der Waals surface area contributed by atoms with Crippen LogP contribution in [0.3, 0.4) is 0 Å². The minimum Gasteiger partial charge on any atom is -0.127 e. The summed E-state index contributed by atoms with van der Waals surface area (Å²) < 4.78 is -3.44. The normalized spacial score (nSPS) is 15.2.